The van der Waals surface area contributed by atoms with Crippen LogP contribution in [0.5, 0.6) is 0 Å². The number of hydrogen-bond donors (Lipinski definition) is 0. The van der Waals surface area contributed by atoms with Gasteiger partial charge in [0.15, 0.2) is 5.69 Å². The van der Waals surface area contributed by atoms with Crippen LogP contribution in [0.1, 0.15) is 21.6 Å². The molecule has 0 aliphatic carbocycles. The van der Waals surface area contributed by atoms with Gasteiger partial charge >= 0.3 is 0 Å². The quantitative estimate of drug-likeness (QED) is 0.865. The fraction of sp³-hybridized carbons (Fsp3) is 0.375. The van der Waals surface area contributed by atoms with Crippen molar-refractivity contribution < 1.29 is 9.32 Å². The third kappa shape index (κ3) is 3.13. The maximum absolute atomic E-state index is 12.3. The number of benzene rings is 1. The van der Waals surface area contributed by atoms with E-state index in [9.17, 15) is 4.79 Å². The molecule has 0 bridgehead atoms. The summed E-state index contributed by atoms with van der Waals surface area (Å²) in [5, 5.41) is 3.80. The van der Waals surface area contributed by atoms with Crippen LogP contribution in [-0.4, -0.2) is 47.0 Å². The SMILES string of the molecule is Cc1conc1C(=O)N1CCN(Cc2ccccc2)CC1. The van der Waals surface area contributed by atoms with Gasteiger partial charge in [0.1, 0.15) is 6.26 Å². The molecule has 0 unspecified atom stereocenters. The van der Waals surface area contributed by atoms with Crippen LogP contribution in [0.4, 0.5) is 0 Å². The van der Waals surface area contributed by atoms with Crippen LogP contribution in [0.3, 0.4) is 0 Å². The number of piperazine rings is 1. The Labute approximate surface area is 124 Å². The summed E-state index contributed by atoms with van der Waals surface area (Å²) in [7, 11) is 0. The molecule has 110 valence electrons. The van der Waals surface area contributed by atoms with Crippen LogP contribution in [0.15, 0.2) is 41.1 Å². The zero-order chi connectivity index (χ0) is 14.7. The van der Waals surface area contributed by atoms with Crippen LogP contribution >= 0.6 is 0 Å². The van der Waals surface area contributed by atoms with E-state index in [1.165, 1.54) is 11.8 Å². The number of amides is 1. The highest BCUT2D eigenvalue weighted by Gasteiger charge is 2.25. The third-order valence-electron chi connectivity index (χ3n) is 3.86. The summed E-state index contributed by atoms with van der Waals surface area (Å²) in [6, 6.07) is 10.4. The summed E-state index contributed by atoms with van der Waals surface area (Å²) in [5.41, 5.74) is 2.54. The Balaban J connectivity index is 1.56. The smallest absolute Gasteiger partial charge is 0.276 e. The highest BCUT2D eigenvalue weighted by Crippen LogP contribution is 2.13. The second-order valence-electron chi connectivity index (χ2n) is 5.40. The number of hydrogen-bond acceptors (Lipinski definition) is 4. The van der Waals surface area contributed by atoms with Crippen molar-refractivity contribution in [1.82, 2.24) is 15.0 Å². The van der Waals surface area contributed by atoms with Crippen LogP contribution in [0.25, 0.3) is 0 Å². The van der Waals surface area contributed by atoms with Gasteiger partial charge < -0.3 is 9.42 Å². The van der Waals surface area contributed by atoms with Crippen molar-refractivity contribution in [3.05, 3.63) is 53.4 Å². The number of carbonyl (C=O) groups is 1. The standard InChI is InChI=1S/C16H19N3O2/c1-13-12-21-17-15(13)16(20)19-9-7-18(8-10-19)11-14-5-3-2-4-6-14/h2-6,12H,7-11H2,1H3. The Morgan fingerprint density at radius 2 is 1.90 bits per heavy atom. The van der Waals surface area contributed by atoms with Crippen molar-refractivity contribution in [2.24, 2.45) is 0 Å². The molecular weight excluding hydrogens is 266 g/mol. The summed E-state index contributed by atoms with van der Waals surface area (Å²) >= 11 is 0. The van der Waals surface area contributed by atoms with Gasteiger partial charge in [0.05, 0.1) is 0 Å². The van der Waals surface area contributed by atoms with Gasteiger partial charge in [-0.05, 0) is 12.5 Å². The molecule has 1 aliphatic rings. The first kappa shape index (κ1) is 13.8. The van der Waals surface area contributed by atoms with E-state index in [4.69, 9.17) is 4.52 Å². The van der Waals surface area contributed by atoms with Gasteiger partial charge in [0, 0.05) is 38.3 Å². The summed E-state index contributed by atoms with van der Waals surface area (Å²) in [5.74, 6) is -0.0272. The predicted molar refractivity (Wildman–Crippen MR) is 78.9 cm³/mol. The third-order valence-corrected chi connectivity index (χ3v) is 3.86. The summed E-state index contributed by atoms with van der Waals surface area (Å²) < 4.78 is 4.85. The molecule has 21 heavy (non-hydrogen) atoms. The van der Waals surface area contributed by atoms with Gasteiger partial charge in [-0.15, -0.1) is 0 Å². The zero-order valence-corrected chi connectivity index (χ0v) is 12.2. The molecule has 0 radical (unpaired) electrons. The van der Waals surface area contributed by atoms with Crippen LogP contribution in [0, 0.1) is 6.92 Å². The van der Waals surface area contributed by atoms with E-state index in [2.05, 4.69) is 34.3 Å². The van der Waals surface area contributed by atoms with E-state index in [1.807, 2.05) is 17.9 Å². The summed E-state index contributed by atoms with van der Waals surface area (Å²) in [6.07, 6.45) is 1.51. The Kier molecular flexibility index (Phi) is 4.01. The van der Waals surface area contributed by atoms with Gasteiger partial charge in [-0.25, -0.2) is 0 Å². The number of carbonyl (C=O) groups excluding carboxylic acids is 1. The average molecular weight is 285 g/mol. The van der Waals surface area contributed by atoms with Gasteiger partial charge in [-0.1, -0.05) is 35.5 Å². The van der Waals surface area contributed by atoms with Crippen LogP contribution in [-0.2, 0) is 6.54 Å². The summed E-state index contributed by atoms with van der Waals surface area (Å²) in [6.45, 7) is 6.02. The number of nitrogens with zero attached hydrogens (tertiary/aromatic N) is 3. The van der Waals surface area contributed by atoms with Crippen molar-refractivity contribution in [3.63, 3.8) is 0 Å². The first-order chi connectivity index (χ1) is 10.2. The second-order valence-corrected chi connectivity index (χ2v) is 5.40. The first-order valence-corrected chi connectivity index (χ1v) is 7.20. The van der Waals surface area contributed by atoms with E-state index in [0.717, 1.165) is 38.3 Å². The predicted octanol–water partition coefficient (Wildman–Crippen LogP) is 1.94. The van der Waals surface area contributed by atoms with Gasteiger partial charge in [-0.2, -0.15) is 0 Å². The van der Waals surface area contributed by atoms with E-state index in [1.54, 1.807) is 0 Å². The molecule has 1 amide bonds. The minimum absolute atomic E-state index is 0.0272. The van der Waals surface area contributed by atoms with Gasteiger partial charge in [-0.3, -0.25) is 9.69 Å². The van der Waals surface area contributed by atoms with Gasteiger partial charge in [0.2, 0.25) is 0 Å². The Hall–Kier alpha value is -2.14. The second kappa shape index (κ2) is 6.10. The number of rotatable bonds is 3. The largest absolute Gasteiger partial charge is 0.364 e. The maximum Gasteiger partial charge on any atom is 0.276 e. The lowest BCUT2D eigenvalue weighted by Gasteiger charge is -2.34. The topological polar surface area (TPSA) is 49.6 Å². The lowest BCUT2D eigenvalue weighted by atomic mass is 10.2. The Bertz CT molecular complexity index is 601. The molecule has 0 N–H and O–H groups in total. The molecule has 0 spiro atoms. The van der Waals surface area contributed by atoms with Crippen LogP contribution < -0.4 is 0 Å². The molecule has 1 fully saturated rings. The monoisotopic (exact) mass is 285 g/mol. The van der Waals surface area contributed by atoms with Crippen molar-refractivity contribution in [2.75, 3.05) is 26.2 Å². The van der Waals surface area contributed by atoms with E-state index in [-0.39, 0.29) is 5.91 Å². The fourth-order valence-corrected chi connectivity index (χ4v) is 2.59. The highest BCUT2D eigenvalue weighted by atomic mass is 16.5. The Morgan fingerprint density at radius 1 is 1.19 bits per heavy atom. The molecule has 0 atom stereocenters. The lowest BCUT2D eigenvalue weighted by molar-refractivity contribution is 0.0618. The van der Waals surface area contributed by atoms with E-state index < -0.39 is 0 Å². The molecule has 1 saturated heterocycles. The molecule has 1 aliphatic heterocycles. The normalized spacial score (nSPS) is 16.1. The molecule has 5 nitrogen and oxygen atoms in total. The minimum atomic E-state index is -0.0272. The van der Waals surface area contributed by atoms with Crippen LogP contribution in [0.2, 0.25) is 0 Å². The van der Waals surface area contributed by atoms with E-state index in [0.29, 0.717) is 5.69 Å². The molecule has 2 heterocycles. The van der Waals surface area contributed by atoms with Gasteiger partial charge in [0.25, 0.3) is 5.91 Å². The zero-order valence-electron chi connectivity index (χ0n) is 12.2. The number of aromatic nitrogens is 1. The minimum Gasteiger partial charge on any atom is -0.364 e. The Morgan fingerprint density at radius 3 is 2.52 bits per heavy atom. The molecule has 5 heteroatoms. The molecule has 1 aromatic heterocycles. The maximum atomic E-state index is 12.3. The average Bonchev–Trinajstić information content (AvgIpc) is 2.94. The molecule has 3 rings (SSSR count). The van der Waals surface area contributed by atoms with Crippen molar-refractivity contribution in [3.8, 4) is 0 Å². The molecule has 2 aromatic rings. The van der Waals surface area contributed by atoms with E-state index >= 15 is 0 Å². The molecule has 1 aromatic carbocycles. The van der Waals surface area contributed by atoms with Crippen molar-refractivity contribution in [2.45, 2.75) is 13.5 Å². The fourth-order valence-electron chi connectivity index (χ4n) is 2.59. The summed E-state index contributed by atoms with van der Waals surface area (Å²) in [4.78, 5) is 16.6. The van der Waals surface area contributed by atoms with Crippen molar-refractivity contribution >= 4 is 5.91 Å². The highest BCUT2D eigenvalue weighted by molar-refractivity contribution is 5.93. The lowest BCUT2D eigenvalue weighted by Crippen LogP contribution is -2.48. The number of aryl methyl sites for hydroxylation is 1. The van der Waals surface area contributed by atoms with Crippen molar-refractivity contribution in [1.29, 1.82) is 0 Å². The molecule has 0 saturated carbocycles. The molecular formula is C16H19N3O2. The first-order valence-electron chi connectivity index (χ1n) is 7.20.